The normalized spacial score (nSPS) is 12.6. The number of halogens is 3. The molecule has 3 N–H and O–H groups in total. The smallest absolute Gasteiger partial charge is 0.398 e. The highest BCUT2D eigenvalue weighted by Gasteiger charge is 2.33. The fourth-order valence-corrected chi connectivity index (χ4v) is 1.49. The minimum absolute atomic E-state index is 0.146. The molecule has 0 atom stereocenters. The standard InChI is InChI=1S/C13H19F3N2/c1-12(2,3)6-7-18-9-4-5-11(17)10(8-9)13(14,15)16/h4-5,8,18H,6-7,17H2,1-3H3. The summed E-state index contributed by atoms with van der Waals surface area (Å²) in [5.41, 5.74) is 4.88. The van der Waals surface area contributed by atoms with Crippen LogP contribution in [0.15, 0.2) is 18.2 Å². The predicted molar refractivity (Wildman–Crippen MR) is 68.4 cm³/mol. The third kappa shape index (κ3) is 4.47. The second kappa shape index (κ2) is 5.08. The summed E-state index contributed by atoms with van der Waals surface area (Å²) < 4.78 is 37.9. The van der Waals surface area contributed by atoms with Gasteiger partial charge in [-0.25, -0.2) is 0 Å². The van der Waals surface area contributed by atoms with Crippen molar-refractivity contribution >= 4 is 11.4 Å². The highest BCUT2D eigenvalue weighted by Crippen LogP contribution is 2.35. The largest absolute Gasteiger partial charge is 0.418 e. The molecule has 0 spiro atoms. The Kier molecular flexibility index (Phi) is 4.14. The van der Waals surface area contributed by atoms with Crippen molar-refractivity contribution < 1.29 is 13.2 Å². The van der Waals surface area contributed by atoms with Gasteiger partial charge >= 0.3 is 6.18 Å². The zero-order valence-electron chi connectivity index (χ0n) is 10.9. The van der Waals surface area contributed by atoms with Gasteiger partial charge in [0, 0.05) is 17.9 Å². The van der Waals surface area contributed by atoms with E-state index in [4.69, 9.17) is 5.73 Å². The second-order valence-corrected chi connectivity index (χ2v) is 5.54. The lowest BCUT2D eigenvalue weighted by molar-refractivity contribution is -0.136. The molecule has 0 saturated carbocycles. The van der Waals surface area contributed by atoms with Crippen molar-refractivity contribution in [3.8, 4) is 0 Å². The van der Waals surface area contributed by atoms with Gasteiger partial charge < -0.3 is 11.1 Å². The van der Waals surface area contributed by atoms with E-state index in [0.29, 0.717) is 12.2 Å². The Morgan fingerprint density at radius 3 is 2.28 bits per heavy atom. The van der Waals surface area contributed by atoms with Crippen LogP contribution in [0.5, 0.6) is 0 Å². The van der Waals surface area contributed by atoms with Crippen LogP contribution in [0, 0.1) is 5.41 Å². The molecule has 0 aliphatic rings. The first kappa shape index (κ1) is 14.7. The van der Waals surface area contributed by atoms with E-state index in [2.05, 4.69) is 26.1 Å². The summed E-state index contributed by atoms with van der Waals surface area (Å²) in [5.74, 6) is 0. The van der Waals surface area contributed by atoms with Crippen LogP contribution >= 0.6 is 0 Å². The third-order valence-corrected chi connectivity index (χ3v) is 2.56. The first-order chi connectivity index (χ1) is 8.09. The van der Waals surface area contributed by atoms with E-state index in [1.165, 1.54) is 6.07 Å². The highest BCUT2D eigenvalue weighted by atomic mass is 19.4. The summed E-state index contributed by atoms with van der Waals surface area (Å²) in [5, 5.41) is 2.99. The topological polar surface area (TPSA) is 38.0 Å². The lowest BCUT2D eigenvalue weighted by Crippen LogP contribution is -2.14. The minimum Gasteiger partial charge on any atom is -0.398 e. The molecule has 0 aromatic heterocycles. The zero-order valence-corrected chi connectivity index (χ0v) is 10.9. The molecule has 0 aliphatic carbocycles. The zero-order chi connectivity index (χ0) is 14.0. The Morgan fingerprint density at radius 2 is 1.78 bits per heavy atom. The Bertz CT molecular complexity index is 406. The van der Waals surface area contributed by atoms with Crippen molar-refractivity contribution in [2.24, 2.45) is 5.41 Å². The molecule has 0 radical (unpaired) electrons. The quantitative estimate of drug-likeness (QED) is 0.802. The van der Waals surface area contributed by atoms with E-state index >= 15 is 0 Å². The Hall–Kier alpha value is -1.39. The van der Waals surface area contributed by atoms with Crippen molar-refractivity contribution in [1.29, 1.82) is 0 Å². The van der Waals surface area contributed by atoms with Gasteiger partial charge in [0.1, 0.15) is 0 Å². The summed E-state index contributed by atoms with van der Waals surface area (Å²) in [7, 11) is 0. The molecular formula is C13H19F3N2. The Balaban J connectivity index is 2.74. The minimum atomic E-state index is -4.41. The van der Waals surface area contributed by atoms with Crippen molar-refractivity contribution in [3.05, 3.63) is 23.8 Å². The number of hydrogen-bond acceptors (Lipinski definition) is 2. The number of benzene rings is 1. The van der Waals surface area contributed by atoms with Crippen LogP contribution in [-0.4, -0.2) is 6.54 Å². The van der Waals surface area contributed by atoms with Gasteiger partial charge in [0.2, 0.25) is 0 Å². The summed E-state index contributed by atoms with van der Waals surface area (Å²) in [6, 6.07) is 3.90. The third-order valence-electron chi connectivity index (χ3n) is 2.56. The van der Waals surface area contributed by atoms with Gasteiger partial charge in [0.15, 0.2) is 0 Å². The van der Waals surface area contributed by atoms with Gasteiger partial charge in [0.25, 0.3) is 0 Å². The van der Waals surface area contributed by atoms with E-state index in [-0.39, 0.29) is 11.1 Å². The average Bonchev–Trinajstić information content (AvgIpc) is 2.17. The highest BCUT2D eigenvalue weighted by molar-refractivity contribution is 5.58. The monoisotopic (exact) mass is 260 g/mol. The van der Waals surface area contributed by atoms with Gasteiger partial charge in [-0.2, -0.15) is 13.2 Å². The molecule has 0 bridgehead atoms. The van der Waals surface area contributed by atoms with Crippen LogP contribution in [0.2, 0.25) is 0 Å². The molecule has 18 heavy (non-hydrogen) atoms. The van der Waals surface area contributed by atoms with Gasteiger partial charge in [-0.3, -0.25) is 0 Å². The first-order valence-electron chi connectivity index (χ1n) is 5.80. The van der Waals surface area contributed by atoms with E-state index in [9.17, 15) is 13.2 Å². The van der Waals surface area contributed by atoms with Crippen molar-refractivity contribution in [2.45, 2.75) is 33.4 Å². The van der Waals surface area contributed by atoms with Crippen molar-refractivity contribution in [3.63, 3.8) is 0 Å². The maximum atomic E-state index is 12.6. The molecule has 0 saturated heterocycles. The lowest BCUT2D eigenvalue weighted by atomic mass is 9.92. The summed E-state index contributed by atoms with van der Waals surface area (Å²) in [4.78, 5) is 0. The van der Waals surface area contributed by atoms with Gasteiger partial charge in [-0.15, -0.1) is 0 Å². The van der Waals surface area contributed by atoms with E-state index in [1.807, 2.05) is 0 Å². The van der Waals surface area contributed by atoms with Gasteiger partial charge in [-0.05, 0) is 30.0 Å². The molecule has 102 valence electrons. The van der Waals surface area contributed by atoms with Crippen LogP contribution in [0.4, 0.5) is 24.5 Å². The van der Waals surface area contributed by atoms with Crippen LogP contribution in [-0.2, 0) is 6.18 Å². The van der Waals surface area contributed by atoms with Crippen LogP contribution in [0.1, 0.15) is 32.8 Å². The summed E-state index contributed by atoms with van der Waals surface area (Å²) in [6.45, 7) is 6.88. The summed E-state index contributed by atoms with van der Waals surface area (Å²) >= 11 is 0. The van der Waals surface area contributed by atoms with Gasteiger partial charge in [-0.1, -0.05) is 20.8 Å². The van der Waals surface area contributed by atoms with Crippen LogP contribution in [0.3, 0.4) is 0 Å². The maximum Gasteiger partial charge on any atom is 0.418 e. The fraction of sp³-hybridized carbons (Fsp3) is 0.538. The van der Waals surface area contributed by atoms with Crippen molar-refractivity contribution in [2.75, 3.05) is 17.6 Å². The number of nitrogen functional groups attached to an aromatic ring is 1. The molecule has 2 nitrogen and oxygen atoms in total. The van der Waals surface area contributed by atoms with Crippen LogP contribution < -0.4 is 11.1 Å². The molecule has 0 unspecified atom stereocenters. The van der Waals surface area contributed by atoms with E-state index < -0.39 is 11.7 Å². The average molecular weight is 260 g/mol. The SMILES string of the molecule is CC(C)(C)CCNc1ccc(N)c(C(F)(F)F)c1. The Labute approximate surface area is 105 Å². The molecule has 1 rings (SSSR count). The number of anilines is 2. The Morgan fingerprint density at radius 1 is 1.17 bits per heavy atom. The molecule has 1 aromatic carbocycles. The molecule has 0 heterocycles. The molecule has 0 fully saturated rings. The number of rotatable bonds is 3. The summed E-state index contributed by atoms with van der Waals surface area (Å²) in [6.07, 6.45) is -3.54. The molecule has 5 heteroatoms. The maximum absolute atomic E-state index is 12.6. The van der Waals surface area contributed by atoms with Crippen molar-refractivity contribution in [1.82, 2.24) is 0 Å². The number of nitrogens with one attached hydrogen (secondary N) is 1. The van der Waals surface area contributed by atoms with E-state index in [1.54, 1.807) is 6.07 Å². The number of nitrogens with two attached hydrogens (primary N) is 1. The fourth-order valence-electron chi connectivity index (χ4n) is 1.49. The molecule has 1 aromatic rings. The van der Waals surface area contributed by atoms with Gasteiger partial charge in [0.05, 0.1) is 5.56 Å². The molecule has 0 amide bonds. The second-order valence-electron chi connectivity index (χ2n) is 5.54. The number of alkyl halides is 3. The lowest BCUT2D eigenvalue weighted by Gasteiger charge is -2.19. The molecule has 0 aliphatic heterocycles. The predicted octanol–water partition coefficient (Wildman–Crippen LogP) is 4.14. The first-order valence-corrected chi connectivity index (χ1v) is 5.80. The van der Waals surface area contributed by atoms with Crippen LogP contribution in [0.25, 0.3) is 0 Å². The number of hydrogen-bond donors (Lipinski definition) is 2. The molecular weight excluding hydrogens is 241 g/mol. The van der Waals surface area contributed by atoms with E-state index in [0.717, 1.165) is 12.5 Å².